The van der Waals surface area contributed by atoms with Gasteiger partial charge < -0.3 is 10.3 Å². The number of carbonyl (C=O) groups excluding carboxylic acids is 1. The van der Waals surface area contributed by atoms with E-state index in [-0.39, 0.29) is 15.9 Å². The fourth-order valence-electron chi connectivity index (χ4n) is 2.11. The number of anilines is 1. The second kappa shape index (κ2) is 7.79. The number of hydrogen-bond donors (Lipinski definition) is 2. The summed E-state index contributed by atoms with van der Waals surface area (Å²) in [6.45, 7) is 0. The molecule has 8 heteroatoms. The maximum absolute atomic E-state index is 13.7. The van der Waals surface area contributed by atoms with E-state index in [1.807, 2.05) is 30.3 Å². The average Bonchev–Trinajstić information content (AvgIpc) is 3.06. The molecule has 0 aliphatic heterocycles. The van der Waals surface area contributed by atoms with Gasteiger partial charge in [-0.15, -0.1) is 0 Å². The molecule has 25 heavy (non-hydrogen) atoms. The van der Waals surface area contributed by atoms with Crippen molar-refractivity contribution in [3.8, 4) is 11.3 Å². The first-order valence-electron chi connectivity index (χ1n) is 7.20. The van der Waals surface area contributed by atoms with Crippen molar-refractivity contribution in [2.24, 2.45) is 0 Å². The van der Waals surface area contributed by atoms with Crippen molar-refractivity contribution in [1.82, 2.24) is 9.97 Å². The first-order valence-corrected chi connectivity index (χ1v) is 8.98. The Bertz CT molecular complexity index is 879. The van der Waals surface area contributed by atoms with E-state index in [0.717, 1.165) is 17.3 Å². The van der Waals surface area contributed by atoms with Gasteiger partial charge >= 0.3 is 0 Å². The third-order valence-corrected chi connectivity index (χ3v) is 4.76. The molecule has 0 aliphatic rings. The Morgan fingerprint density at radius 2 is 2.00 bits per heavy atom. The molecule has 3 aromatic rings. The van der Waals surface area contributed by atoms with Crippen LogP contribution in [0.25, 0.3) is 11.3 Å². The van der Waals surface area contributed by atoms with Gasteiger partial charge in [-0.1, -0.05) is 42.1 Å². The molecule has 1 heterocycles. The summed E-state index contributed by atoms with van der Waals surface area (Å²) in [6, 6.07) is 11.5. The van der Waals surface area contributed by atoms with E-state index >= 15 is 0 Å². The summed E-state index contributed by atoms with van der Waals surface area (Å²) in [6.07, 6.45) is 1.69. The van der Waals surface area contributed by atoms with Crippen LogP contribution >= 0.6 is 27.7 Å². The van der Waals surface area contributed by atoms with E-state index in [1.54, 1.807) is 6.20 Å². The highest BCUT2D eigenvalue weighted by atomic mass is 79.9. The van der Waals surface area contributed by atoms with Crippen molar-refractivity contribution >= 4 is 39.3 Å². The highest BCUT2D eigenvalue weighted by Gasteiger charge is 2.13. The number of thioether (sulfide) groups is 1. The molecule has 1 aromatic heterocycles. The third-order valence-electron chi connectivity index (χ3n) is 3.25. The molecule has 0 bridgehead atoms. The van der Waals surface area contributed by atoms with Gasteiger partial charge in [0.15, 0.2) is 11.0 Å². The van der Waals surface area contributed by atoms with Crippen LogP contribution in [0.2, 0.25) is 0 Å². The van der Waals surface area contributed by atoms with Crippen LogP contribution in [-0.4, -0.2) is 21.6 Å². The molecule has 0 aliphatic carbocycles. The summed E-state index contributed by atoms with van der Waals surface area (Å²) in [4.78, 5) is 19.3. The highest BCUT2D eigenvalue weighted by molar-refractivity contribution is 9.10. The van der Waals surface area contributed by atoms with Crippen molar-refractivity contribution in [3.63, 3.8) is 0 Å². The minimum Gasteiger partial charge on any atom is -0.333 e. The van der Waals surface area contributed by atoms with Crippen LogP contribution in [0.5, 0.6) is 0 Å². The van der Waals surface area contributed by atoms with Crippen LogP contribution in [0.3, 0.4) is 0 Å². The van der Waals surface area contributed by atoms with Crippen LogP contribution in [0, 0.1) is 11.6 Å². The van der Waals surface area contributed by atoms with Crippen molar-refractivity contribution in [1.29, 1.82) is 0 Å². The molecule has 0 atom stereocenters. The molecule has 1 amide bonds. The van der Waals surface area contributed by atoms with Crippen LogP contribution in [0.1, 0.15) is 0 Å². The molecule has 0 spiro atoms. The number of carbonyl (C=O) groups is 1. The molecule has 0 saturated carbocycles. The largest absolute Gasteiger partial charge is 0.333 e. The quantitative estimate of drug-likeness (QED) is 0.576. The van der Waals surface area contributed by atoms with Crippen molar-refractivity contribution < 1.29 is 13.6 Å². The Kier molecular flexibility index (Phi) is 5.50. The number of benzene rings is 2. The zero-order valence-electron chi connectivity index (χ0n) is 12.7. The lowest BCUT2D eigenvalue weighted by atomic mass is 10.2. The average molecular weight is 424 g/mol. The molecule has 3 rings (SSSR count). The molecular weight excluding hydrogens is 412 g/mol. The fourth-order valence-corrected chi connectivity index (χ4v) is 3.27. The highest BCUT2D eigenvalue weighted by Crippen LogP contribution is 2.27. The summed E-state index contributed by atoms with van der Waals surface area (Å²) in [5, 5.41) is 3.00. The Labute approximate surface area is 155 Å². The second-order valence-electron chi connectivity index (χ2n) is 5.05. The Balaban J connectivity index is 1.61. The number of hydrogen-bond acceptors (Lipinski definition) is 3. The summed E-state index contributed by atoms with van der Waals surface area (Å²) >= 11 is 4.22. The normalized spacial score (nSPS) is 10.7. The monoisotopic (exact) mass is 423 g/mol. The van der Waals surface area contributed by atoms with E-state index in [4.69, 9.17) is 0 Å². The molecule has 0 saturated heterocycles. The third kappa shape index (κ3) is 4.46. The van der Waals surface area contributed by atoms with Gasteiger partial charge in [-0.25, -0.2) is 13.8 Å². The van der Waals surface area contributed by atoms with E-state index in [2.05, 4.69) is 31.2 Å². The smallest absolute Gasteiger partial charge is 0.234 e. The number of rotatable bonds is 5. The fraction of sp³-hybridized carbons (Fsp3) is 0.0588. The SMILES string of the molecule is O=C(CSc1ncc(-c2ccccc2)[nH]1)Nc1c(F)cc(F)cc1Br. The molecule has 2 N–H and O–H groups in total. The molecule has 4 nitrogen and oxygen atoms in total. The first-order chi connectivity index (χ1) is 12.0. The maximum atomic E-state index is 13.7. The van der Waals surface area contributed by atoms with Gasteiger partial charge in [0, 0.05) is 10.5 Å². The standard InChI is InChI=1S/C17H12BrF2N3OS/c18-12-6-11(19)7-13(20)16(12)23-15(24)9-25-17-21-8-14(22-17)10-4-2-1-3-5-10/h1-8H,9H2,(H,21,22)(H,23,24). The zero-order chi connectivity index (χ0) is 17.8. The van der Waals surface area contributed by atoms with Gasteiger partial charge in [0.25, 0.3) is 0 Å². The number of aromatic nitrogens is 2. The van der Waals surface area contributed by atoms with E-state index in [0.29, 0.717) is 11.2 Å². The van der Waals surface area contributed by atoms with Crippen LogP contribution < -0.4 is 5.32 Å². The van der Waals surface area contributed by atoms with Gasteiger partial charge in [-0.05, 0) is 27.6 Å². The first kappa shape index (κ1) is 17.6. The summed E-state index contributed by atoms with van der Waals surface area (Å²) in [5.74, 6) is -1.95. The number of nitrogens with one attached hydrogen (secondary N) is 2. The van der Waals surface area contributed by atoms with Gasteiger partial charge in [0.2, 0.25) is 5.91 Å². The molecular formula is C17H12BrF2N3OS. The molecule has 2 aromatic carbocycles. The van der Waals surface area contributed by atoms with Crippen LogP contribution in [0.4, 0.5) is 14.5 Å². The Morgan fingerprint density at radius 3 is 2.72 bits per heavy atom. The number of H-pyrrole nitrogens is 1. The Hall–Kier alpha value is -2.19. The molecule has 0 fully saturated rings. The van der Waals surface area contributed by atoms with Crippen molar-refractivity contribution in [2.45, 2.75) is 5.16 Å². The lowest BCUT2D eigenvalue weighted by Crippen LogP contribution is -2.15. The number of amides is 1. The number of aromatic amines is 1. The maximum Gasteiger partial charge on any atom is 0.234 e. The Morgan fingerprint density at radius 1 is 1.24 bits per heavy atom. The van der Waals surface area contributed by atoms with Crippen molar-refractivity contribution in [2.75, 3.05) is 11.1 Å². The predicted octanol–water partition coefficient (Wildman–Crippen LogP) is 4.85. The summed E-state index contributed by atoms with van der Waals surface area (Å²) in [5.41, 5.74) is 1.75. The van der Waals surface area contributed by atoms with Crippen molar-refractivity contribution in [3.05, 3.63) is 64.8 Å². The number of halogens is 3. The molecule has 0 radical (unpaired) electrons. The van der Waals surface area contributed by atoms with Crippen LogP contribution in [-0.2, 0) is 4.79 Å². The van der Waals surface area contributed by atoms with Gasteiger partial charge in [0.1, 0.15) is 5.82 Å². The topological polar surface area (TPSA) is 57.8 Å². The lowest BCUT2D eigenvalue weighted by molar-refractivity contribution is -0.113. The zero-order valence-corrected chi connectivity index (χ0v) is 15.1. The van der Waals surface area contributed by atoms with Crippen LogP contribution in [0.15, 0.2) is 58.3 Å². The minimum absolute atomic E-state index is 0.0327. The summed E-state index contributed by atoms with van der Waals surface area (Å²) < 4.78 is 26.9. The summed E-state index contributed by atoms with van der Waals surface area (Å²) in [7, 11) is 0. The van der Waals surface area contributed by atoms with E-state index < -0.39 is 17.5 Å². The van der Waals surface area contributed by atoms with E-state index in [1.165, 1.54) is 11.8 Å². The number of imidazole rings is 1. The number of nitrogens with zero attached hydrogens (tertiary/aromatic N) is 1. The predicted molar refractivity (Wildman–Crippen MR) is 97.4 cm³/mol. The molecule has 128 valence electrons. The van der Waals surface area contributed by atoms with Gasteiger partial charge in [0.05, 0.1) is 23.3 Å². The second-order valence-corrected chi connectivity index (χ2v) is 6.87. The molecule has 0 unspecified atom stereocenters. The van der Waals surface area contributed by atoms with E-state index in [9.17, 15) is 13.6 Å². The lowest BCUT2D eigenvalue weighted by Gasteiger charge is -2.08. The minimum atomic E-state index is -0.838. The van der Waals surface area contributed by atoms with Gasteiger partial charge in [-0.2, -0.15) is 0 Å². The van der Waals surface area contributed by atoms with Gasteiger partial charge in [-0.3, -0.25) is 4.79 Å².